The molecule has 0 aliphatic carbocycles. The maximum atomic E-state index is 3.94. The number of aromatic nitrogens is 1. The zero-order valence-electron chi connectivity index (χ0n) is 8.85. The number of hydrogen-bond donors (Lipinski definition) is 0. The molecule has 16 heavy (non-hydrogen) atoms. The minimum Gasteiger partial charge on any atom is -0.265 e. The third-order valence-corrected chi connectivity index (χ3v) is 2.18. The average Bonchev–Trinajstić information content (AvgIpc) is 2.38. The van der Waals surface area contributed by atoms with E-state index in [1.165, 1.54) is 0 Å². The van der Waals surface area contributed by atoms with Crippen molar-refractivity contribution in [2.75, 3.05) is 0 Å². The van der Waals surface area contributed by atoms with Gasteiger partial charge in [0.05, 0.1) is 0 Å². The molecule has 1 heteroatoms. The van der Waals surface area contributed by atoms with Crippen molar-refractivity contribution in [1.29, 1.82) is 0 Å². The largest absolute Gasteiger partial charge is 0.265 e. The average molecular weight is 205 g/mol. The molecule has 0 saturated heterocycles. The predicted molar refractivity (Wildman–Crippen MR) is 66.8 cm³/mol. The van der Waals surface area contributed by atoms with Gasteiger partial charge in [0.1, 0.15) is 0 Å². The van der Waals surface area contributed by atoms with E-state index in [-0.39, 0.29) is 0 Å². The van der Waals surface area contributed by atoms with Crippen LogP contribution in [0.15, 0.2) is 55.4 Å². The Bertz CT molecular complexity index is 527. The number of hydrogen-bond acceptors (Lipinski definition) is 1. The van der Waals surface area contributed by atoms with Crippen LogP contribution in [0.25, 0.3) is 6.08 Å². The van der Waals surface area contributed by atoms with Crippen LogP contribution in [0.3, 0.4) is 0 Å². The van der Waals surface area contributed by atoms with Gasteiger partial charge in [-0.1, -0.05) is 36.6 Å². The smallest absolute Gasteiger partial charge is 0.0280 e. The summed E-state index contributed by atoms with van der Waals surface area (Å²) in [5, 5.41) is 0. The Balaban J connectivity index is 2.21. The molecule has 0 radical (unpaired) electrons. The highest BCUT2D eigenvalue weighted by atomic mass is 14.6. The summed E-state index contributed by atoms with van der Waals surface area (Å²) in [5.41, 5.74) is 3.08. The molecule has 0 aliphatic rings. The van der Waals surface area contributed by atoms with E-state index in [1.807, 2.05) is 42.5 Å². The lowest BCUT2D eigenvalue weighted by Crippen LogP contribution is -1.77. The van der Waals surface area contributed by atoms with E-state index in [0.717, 1.165) is 16.7 Å². The first-order valence-electron chi connectivity index (χ1n) is 5.03. The van der Waals surface area contributed by atoms with E-state index in [2.05, 4.69) is 23.4 Å². The van der Waals surface area contributed by atoms with E-state index < -0.39 is 0 Å². The summed E-state index contributed by atoms with van der Waals surface area (Å²) in [7, 11) is 0. The van der Waals surface area contributed by atoms with Crippen LogP contribution in [0.1, 0.15) is 16.7 Å². The number of benzene rings is 1. The summed E-state index contributed by atoms with van der Waals surface area (Å²) >= 11 is 0. The fraction of sp³-hybridized carbons (Fsp3) is 0. The van der Waals surface area contributed by atoms with Gasteiger partial charge in [0.25, 0.3) is 0 Å². The Labute approximate surface area is 95.5 Å². The van der Waals surface area contributed by atoms with Gasteiger partial charge >= 0.3 is 0 Å². The monoisotopic (exact) mass is 205 g/mol. The molecular weight excluding hydrogens is 194 g/mol. The van der Waals surface area contributed by atoms with Gasteiger partial charge in [-0.05, 0) is 29.8 Å². The van der Waals surface area contributed by atoms with Gasteiger partial charge in [-0.2, -0.15) is 0 Å². The highest BCUT2D eigenvalue weighted by Crippen LogP contribution is 2.04. The summed E-state index contributed by atoms with van der Waals surface area (Å²) in [4.78, 5) is 3.94. The number of rotatable bonds is 1. The first kappa shape index (κ1) is 10.2. The van der Waals surface area contributed by atoms with E-state index >= 15 is 0 Å². The maximum Gasteiger partial charge on any atom is 0.0280 e. The highest BCUT2D eigenvalue weighted by molar-refractivity contribution is 5.50. The molecule has 1 aromatic carbocycles. The fourth-order valence-corrected chi connectivity index (χ4v) is 1.28. The van der Waals surface area contributed by atoms with Crippen molar-refractivity contribution in [1.82, 2.24) is 4.98 Å². The standard InChI is InChI=1S/C15H11N/c1-2-13-3-5-14(6-4-13)7-8-15-9-11-16-12-10-15/h2-6,9-12H,1H2. The third-order valence-electron chi connectivity index (χ3n) is 2.18. The van der Waals surface area contributed by atoms with Crippen molar-refractivity contribution < 1.29 is 0 Å². The quantitative estimate of drug-likeness (QED) is 0.652. The first-order valence-corrected chi connectivity index (χ1v) is 5.03. The number of nitrogens with zero attached hydrogens (tertiary/aromatic N) is 1. The van der Waals surface area contributed by atoms with Crippen LogP contribution in [0.4, 0.5) is 0 Å². The molecule has 2 rings (SSSR count). The van der Waals surface area contributed by atoms with Gasteiger partial charge in [0.15, 0.2) is 0 Å². The highest BCUT2D eigenvalue weighted by Gasteiger charge is 1.87. The van der Waals surface area contributed by atoms with Crippen LogP contribution < -0.4 is 0 Å². The van der Waals surface area contributed by atoms with Gasteiger partial charge in [-0.25, -0.2) is 0 Å². The maximum absolute atomic E-state index is 3.94. The molecule has 0 amide bonds. The van der Waals surface area contributed by atoms with Crippen LogP contribution in [0, 0.1) is 11.8 Å². The van der Waals surface area contributed by atoms with Gasteiger partial charge in [-0.15, -0.1) is 0 Å². The van der Waals surface area contributed by atoms with Crippen LogP contribution in [-0.4, -0.2) is 4.98 Å². The molecular formula is C15H11N. The first-order chi connectivity index (χ1) is 7.88. The van der Waals surface area contributed by atoms with Crippen LogP contribution in [-0.2, 0) is 0 Å². The zero-order valence-corrected chi connectivity index (χ0v) is 8.85. The topological polar surface area (TPSA) is 12.9 Å². The molecule has 0 unspecified atom stereocenters. The molecule has 1 heterocycles. The van der Waals surface area contributed by atoms with E-state index in [1.54, 1.807) is 12.4 Å². The normalized spacial score (nSPS) is 9.00. The van der Waals surface area contributed by atoms with Gasteiger partial charge in [0.2, 0.25) is 0 Å². The fourth-order valence-electron chi connectivity index (χ4n) is 1.28. The SMILES string of the molecule is C=Cc1ccc(C#Cc2ccncc2)cc1. The van der Waals surface area contributed by atoms with Crippen molar-refractivity contribution in [2.24, 2.45) is 0 Å². The molecule has 0 spiro atoms. The van der Waals surface area contributed by atoms with Crippen molar-refractivity contribution >= 4 is 6.08 Å². The summed E-state index contributed by atoms with van der Waals surface area (Å²) in [6.07, 6.45) is 5.30. The summed E-state index contributed by atoms with van der Waals surface area (Å²) in [6, 6.07) is 11.8. The summed E-state index contributed by atoms with van der Waals surface area (Å²) < 4.78 is 0. The minimum absolute atomic E-state index is 0.975. The molecule has 0 bridgehead atoms. The second kappa shape index (κ2) is 4.95. The van der Waals surface area contributed by atoms with Crippen LogP contribution >= 0.6 is 0 Å². The van der Waals surface area contributed by atoms with Crippen molar-refractivity contribution in [2.45, 2.75) is 0 Å². The van der Waals surface area contributed by atoms with Crippen LogP contribution in [0.2, 0.25) is 0 Å². The van der Waals surface area contributed by atoms with Crippen molar-refractivity contribution in [3.63, 3.8) is 0 Å². The van der Waals surface area contributed by atoms with Crippen molar-refractivity contribution in [3.8, 4) is 11.8 Å². The molecule has 0 fully saturated rings. The Morgan fingerprint density at radius 3 is 2.00 bits per heavy atom. The summed E-state index contributed by atoms with van der Waals surface area (Å²) in [6.45, 7) is 3.71. The van der Waals surface area contributed by atoms with E-state index in [4.69, 9.17) is 0 Å². The number of pyridine rings is 1. The van der Waals surface area contributed by atoms with E-state index in [0.29, 0.717) is 0 Å². The lowest BCUT2D eigenvalue weighted by molar-refractivity contribution is 1.32. The molecule has 2 aromatic rings. The lowest BCUT2D eigenvalue weighted by Gasteiger charge is -1.92. The molecule has 1 aromatic heterocycles. The Morgan fingerprint density at radius 2 is 1.44 bits per heavy atom. The Kier molecular flexibility index (Phi) is 3.15. The zero-order chi connectivity index (χ0) is 11.2. The molecule has 0 aliphatic heterocycles. The van der Waals surface area contributed by atoms with Crippen molar-refractivity contribution in [3.05, 3.63) is 72.1 Å². The van der Waals surface area contributed by atoms with E-state index in [9.17, 15) is 0 Å². The Morgan fingerprint density at radius 1 is 0.875 bits per heavy atom. The molecule has 0 saturated carbocycles. The minimum atomic E-state index is 0.975. The van der Waals surface area contributed by atoms with Gasteiger partial charge in [0, 0.05) is 23.5 Å². The molecule has 0 atom stereocenters. The van der Waals surface area contributed by atoms with Gasteiger partial charge < -0.3 is 0 Å². The third kappa shape index (κ3) is 2.59. The Hall–Kier alpha value is -2.33. The predicted octanol–water partition coefficient (Wildman–Crippen LogP) is 3.12. The van der Waals surface area contributed by atoms with Gasteiger partial charge in [-0.3, -0.25) is 4.98 Å². The second-order valence-corrected chi connectivity index (χ2v) is 3.31. The molecule has 1 nitrogen and oxygen atoms in total. The molecule has 0 N–H and O–H groups in total. The van der Waals surface area contributed by atoms with Crippen LogP contribution in [0.5, 0.6) is 0 Å². The second-order valence-electron chi connectivity index (χ2n) is 3.31. The molecule has 76 valence electrons. The summed E-state index contributed by atoms with van der Waals surface area (Å²) in [5.74, 6) is 6.18. The lowest BCUT2D eigenvalue weighted by atomic mass is 10.1.